The minimum atomic E-state index is -4.21. The van der Waals surface area contributed by atoms with Gasteiger partial charge in [-0.25, -0.2) is 4.79 Å². The van der Waals surface area contributed by atoms with Crippen molar-refractivity contribution in [3.8, 4) is 0 Å². The summed E-state index contributed by atoms with van der Waals surface area (Å²) in [6.07, 6.45) is -5.18. The SMILES string of the molecule is CNC(=O)N(C)CCC(F)(F)F. The molecule has 0 spiro atoms. The molecule has 72 valence electrons. The van der Waals surface area contributed by atoms with E-state index in [9.17, 15) is 18.0 Å². The first-order chi connectivity index (χ1) is 5.37. The molecular formula is C6H11F3N2O. The van der Waals surface area contributed by atoms with Crippen LogP contribution in [0.2, 0.25) is 0 Å². The fraction of sp³-hybridized carbons (Fsp3) is 0.833. The Morgan fingerprint density at radius 2 is 2.00 bits per heavy atom. The lowest BCUT2D eigenvalue weighted by Crippen LogP contribution is -2.36. The van der Waals surface area contributed by atoms with Crippen molar-refractivity contribution in [2.24, 2.45) is 0 Å². The van der Waals surface area contributed by atoms with Crippen molar-refractivity contribution in [3.05, 3.63) is 0 Å². The second kappa shape index (κ2) is 4.18. The molecule has 0 aromatic rings. The lowest BCUT2D eigenvalue weighted by Gasteiger charge is -2.16. The van der Waals surface area contributed by atoms with Gasteiger partial charge in [-0.1, -0.05) is 0 Å². The highest BCUT2D eigenvalue weighted by Gasteiger charge is 2.27. The first-order valence-electron chi connectivity index (χ1n) is 3.36. The van der Waals surface area contributed by atoms with E-state index in [0.717, 1.165) is 4.90 Å². The van der Waals surface area contributed by atoms with Gasteiger partial charge in [-0.05, 0) is 0 Å². The van der Waals surface area contributed by atoms with E-state index in [-0.39, 0.29) is 6.54 Å². The zero-order valence-electron chi connectivity index (χ0n) is 6.90. The Balaban J connectivity index is 3.72. The molecule has 12 heavy (non-hydrogen) atoms. The average Bonchev–Trinajstić information content (AvgIpc) is 1.97. The molecule has 0 aromatic carbocycles. The highest BCUT2D eigenvalue weighted by molar-refractivity contribution is 5.73. The second-order valence-electron chi connectivity index (χ2n) is 2.34. The molecule has 6 heteroatoms. The van der Waals surface area contributed by atoms with E-state index in [1.54, 1.807) is 0 Å². The van der Waals surface area contributed by atoms with Crippen LogP contribution in [0.25, 0.3) is 0 Å². The number of amides is 2. The molecule has 0 aliphatic heterocycles. The highest BCUT2D eigenvalue weighted by Crippen LogP contribution is 2.19. The third-order valence-corrected chi connectivity index (χ3v) is 1.29. The number of hydrogen-bond acceptors (Lipinski definition) is 1. The van der Waals surface area contributed by atoms with Gasteiger partial charge in [-0.3, -0.25) is 0 Å². The zero-order chi connectivity index (χ0) is 9.78. The molecule has 1 N–H and O–H groups in total. The maximum atomic E-state index is 11.6. The maximum Gasteiger partial charge on any atom is 0.390 e. The summed E-state index contributed by atoms with van der Waals surface area (Å²) in [6.45, 7) is -0.316. The van der Waals surface area contributed by atoms with Crippen molar-refractivity contribution in [2.75, 3.05) is 20.6 Å². The van der Waals surface area contributed by atoms with E-state index < -0.39 is 18.6 Å². The standard InChI is InChI=1S/C6H11F3N2O/c1-10-5(12)11(2)4-3-6(7,8)9/h3-4H2,1-2H3,(H,10,12). The van der Waals surface area contributed by atoms with Gasteiger partial charge in [0.1, 0.15) is 0 Å². The molecule has 0 saturated carbocycles. The van der Waals surface area contributed by atoms with Gasteiger partial charge in [-0.2, -0.15) is 13.2 Å². The summed E-state index contributed by atoms with van der Waals surface area (Å²) >= 11 is 0. The first-order valence-corrected chi connectivity index (χ1v) is 3.36. The summed E-state index contributed by atoms with van der Waals surface area (Å²) in [6, 6.07) is -0.515. The Labute approximate surface area is 68.5 Å². The number of carbonyl (C=O) groups is 1. The van der Waals surface area contributed by atoms with Crippen molar-refractivity contribution >= 4 is 6.03 Å². The zero-order valence-corrected chi connectivity index (χ0v) is 6.90. The Morgan fingerprint density at radius 1 is 1.50 bits per heavy atom. The number of alkyl halides is 3. The number of halogens is 3. The molecule has 2 amide bonds. The molecule has 0 rings (SSSR count). The summed E-state index contributed by atoms with van der Waals surface area (Å²) in [5.74, 6) is 0. The van der Waals surface area contributed by atoms with Gasteiger partial charge in [0, 0.05) is 20.6 Å². The van der Waals surface area contributed by atoms with Gasteiger partial charge in [0.05, 0.1) is 6.42 Å². The van der Waals surface area contributed by atoms with Crippen molar-refractivity contribution in [2.45, 2.75) is 12.6 Å². The Kier molecular flexibility index (Phi) is 3.85. The topological polar surface area (TPSA) is 32.3 Å². The molecule has 0 radical (unpaired) electrons. The number of nitrogens with zero attached hydrogens (tertiary/aromatic N) is 1. The molecule has 0 unspecified atom stereocenters. The molecule has 0 saturated heterocycles. The predicted octanol–water partition coefficient (Wildman–Crippen LogP) is 1.21. The lowest BCUT2D eigenvalue weighted by molar-refractivity contribution is -0.136. The van der Waals surface area contributed by atoms with Crippen LogP contribution in [-0.4, -0.2) is 37.7 Å². The van der Waals surface area contributed by atoms with Crippen LogP contribution in [0.5, 0.6) is 0 Å². The summed E-state index contributed by atoms with van der Waals surface area (Å²) in [5.41, 5.74) is 0. The van der Waals surface area contributed by atoms with Crippen molar-refractivity contribution in [1.29, 1.82) is 0 Å². The average molecular weight is 184 g/mol. The van der Waals surface area contributed by atoms with Crippen LogP contribution in [0.1, 0.15) is 6.42 Å². The molecule has 0 fully saturated rings. The normalized spacial score (nSPS) is 11.1. The largest absolute Gasteiger partial charge is 0.390 e. The van der Waals surface area contributed by atoms with Crippen LogP contribution in [0.3, 0.4) is 0 Å². The number of urea groups is 1. The molecular weight excluding hydrogens is 173 g/mol. The van der Waals surface area contributed by atoms with Gasteiger partial charge in [0.15, 0.2) is 0 Å². The van der Waals surface area contributed by atoms with Crippen LogP contribution < -0.4 is 5.32 Å². The number of hydrogen-bond donors (Lipinski definition) is 1. The van der Waals surface area contributed by atoms with Crippen molar-refractivity contribution < 1.29 is 18.0 Å². The first kappa shape index (κ1) is 11.1. The molecule has 0 bridgehead atoms. The van der Waals surface area contributed by atoms with Crippen LogP contribution in [0.4, 0.5) is 18.0 Å². The van der Waals surface area contributed by atoms with E-state index in [0.29, 0.717) is 0 Å². The maximum absolute atomic E-state index is 11.6. The monoisotopic (exact) mass is 184 g/mol. The summed E-state index contributed by atoms with van der Waals surface area (Å²) in [4.78, 5) is 11.7. The molecule has 0 atom stereocenters. The third kappa shape index (κ3) is 4.81. The second-order valence-corrected chi connectivity index (χ2v) is 2.34. The van der Waals surface area contributed by atoms with Gasteiger partial charge in [0.25, 0.3) is 0 Å². The molecule has 0 heterocycles. The van der Waals surface area contributed by atoms with Crippen LogP contribution >= 0.6 is 0 Å². The highest BCUT2D eigenvalue weighted by atomic mass is 19.4. The van der Waals surface area contributed by atoms with Crippen LogP contribution in [0.15, 0.2) is 0 Å². The van der Waals surface area contributed by atoms with Gasteiger partial charge < -0.3 is 10.2 Å². The van der Waals surface area contributed by atoms with E-state index in [4.69, 9.17) is 0 Å². The predicted molar refractivity (Wildman–Crippen MR) is 37.8 cm³/mol. The molecule has 0 aliphatic carbocycles. The molecule has 0 aromatic heterocycles. The number of carbonyl (C=O) groups excluding carboxylic acids is 1. The molecule has 0 aliphatic rings. The summed E-state index contributed by atoms with van der Waals surface area (Å²) in [5, 5.41) is 2.22. The van der Waals surface area contributed by atoms with E-state index in [1.807, 2.05) is 0 Å². The summed E-state index contributed by atoms with van der Waals surface area (Å²) in [7, 11) is 2.68. The Bertz CT molecular complexity index is 157. The van der Waals surface area contributed by atoms with E-state index in [2.05, 4.69) is 5.32 Å². The third-order valence-electron chi connectivity index (χ3n) is 1.29. The minimum Gasteiger partial charge on any atom is -0.341 e. The smallest absolute Gasteiger partial charge is 0.341 e. The lowest BCUT2D eigenvalue weighted by atomic mass is 10.4. The summed E-state index contributed by atoms with van der Waals surface area (Å²) < 4.78 is 34.9. The van der Waals surface area contributed by atoms with Gasteiger partial charge in [0.2, 0.25) is 0 Å². The Morgan fingerprint density at radius 3 is 2.33 bits per heavy atom. The Hall–Kier alpha value is -0.940. The molecule has 3 nitrogen and oxygen atoms in total. The minimum absolute atomic E-state index is 0.316. The van der Waals surface area contributed by atoms with Crippen LogP contribution in [0, 0.1) is 0 Å². The van der Waals surface area contributed by atoms with Crippen molar-refractivity contribution in [1.82, 2.24) is 10.2 Å². The van der Waals surface area contributed by atoms with E-state index in [1.165, 1.54) is 14.1 Å². The number of rotatable bonds is 2. The number of nitrogens with one attached hydrogen (secondary N) is 1. The quantitative estimate of drug-likeness (QED) is 0.687. The van der Waals surface area contributed by atoms with Gasteiger partial charge in [-0.15, -0.1) is 0 Å². The van der Waals surface area contributed by atoms with E-state index >= 15 is 0 Å². The van der Waals surface area contributed by atoms with Crippen LogP contribution in [-0.2, 0) is 0 Å². The fourth-order valence-corrected chi connectivity index (χ4v) is 0.587. The van der Waals surface area contributed by atoms with Crippen molar-refractivity contribution in [3.63, 3.8) is 0 Å². The van der Waals surface area contributed by atoms with Gasteiger partial charge >= 0.3 is 12.2 Å². The fourth-order valence-electron chi connectivity index (χ4n) is 0.587.